The number of aromatic nitrogens is 1. The first kappa shape index (κ1) is 26.4. The van der Waals surface area contributed by atoms with Crippen molar-refractivity contribution in [1.82, 2.24) is 9.88 Å². The van der Waals surface area contributed by atoms with Crippen molar-refractivity contribution in [3.05, 3.63) is 84.1 Å². The van der Waals surface area contributed by atoms with Gasteiger partial charge in [0.15, 0.2) is 0 Å². The van der Waals surface area contributed by atoms with Gasteiger partial charge in [0, 0.05) is 23.7 Å². The number of methoxy groups -OCH3 is 1. The van der Waals surface area contributed by atoms with E-state index in [0.717, 1.165) is 60.1 Å². The molecular formula is C33H40N2O3. The quantitative estimate of drug-likeness (QED) is 0.235. The van der Waals surface area contributed by atoms with Crippen LogP contribution in [0.2, 0.25) is 0 Å². The zero-order valence-corrected chi connectivity index (χ0v) is 23.1. The van der Waals surface area contributed by atoms with E-state index in [0.29, 0.717) is 17.8 Å². The van der Waals surface area contributed by atoms with Crippen molar-refractivity contribution in [3.63, 3.8) is 0 Å². The third-order valence-corrected chi connectivity index (χ3v) is 8.51. The number of piperidine rings is 3. The van der Waals surface area contributed by atoms with Gasteiger partial charge in [0.2, 0.25) is 0 Å². The van der Waals surface area contributed by atoms with Crippen LogP contribution in [0.25, 0.3) is 10.9 Å². The fourth-order valence-electron chi connectivity index (χ4n) is 6.34. The van der Waals surface area contributed by atoms with Crippen molar-refractivity contribution in [3.8, 4) is 5.75 Å². The molecule has 4 heterocycles. The molecule has 6 unspecified atom stereocenters. The molecule has 2 aromatic carbocycles. The van der Waals surface area contributed by atoms with Crippen LogP contribution in [0.15, 0.2) is 67.4 Å². The average molecular weight is 513 g/mol. The molecule has 5 nitrogen and oxygen atoms in total. The number of benzene rings is 2. The van der Waals surface area contributed by atoms with Gasteiger partial charge in [-0.3, -0.25) is 14.7 Å². The summed E-state index contributed by atoms with van der Waals surface area (Å²) in [6.45, 7) is 12.5. The van der Waals surface area contributed by atoms with Gasteiger partial charge in [-0.2, -0.15) is 0 Å². The summed E-state index contributed by atoms with van der Waals surface area (Å²) in [4.78, 5) is 20.8. The van der Waals surface area contributed by atoms with Crippen LogP contribution in [0, 0.1) is 17.8 Å². The van der Waals surface area contributed by atoms with Crippen molar-refractivity contribution < 1.29 is 14.3 Å². The van der Waals surface area contributed by atoms with Gasteiger partial charge in [0.1, 0.15) is 11.9 Å². The Morgan fingerprint density at radius 3 is 2.61 bits per heavy atom. The predicted molar refractivity (Wildman–Crippen MR) is 152 cm³/mol. The van der Waals surface area contributed by atoms with Crippen LogP contribution in [0.3, 0.4) is 0 Å². The Morgan fingerprint density at radius 2 is 1.95 bits per heavy atom. The molecule has 5 heteroatoms. The molecule has 3 aliphatic rings. The van der Waals surface area contributed by atoms with Crippen molar-refractivity contribution in [2.75, 3.05) is 20.2 Å². The molecule has 3 aliphatic heterocycles. The maximum Gasteiger partial charge on any atom is 0.313 e. The lowest BCUT2D eigenvalue weighted by Crippen LogP contribution is -2.55. The number of fused-ring (bicyclic) bond motifs is 4. The summed E-state index contributed by atoms with van der Waals surface area (Å²) in [7, 11) is 1.67. The molecule has 2 bridgehead atoms. The van der Waals surface area contributed by atoms with E-state index in [4.69, 9.17) is 9.47 Å². The van der Waals surface area contributed by atoms with E-state index in [9.17, 15) is 4.79 Å². The van der Waals surface area contributed by atoms with E-state index in [-0.39, 0.29) is 17.9 Å². The lowest BCUT2D eigenvalue weighted by molar-refractivity contribution is -0.158. The minimum atomic E-state index is -0.392. The van der Waals surface area contributed by atoms with E-state index in [1.807, 2.05) is 37.4 Å². The van der Waals surface area contributed by atoms with E-state index < -0.39 is 6.10 Å². The number of hydrogen-bond acceptors (Lipinski definition) is 5. The van der Waals surface area contributed by atoms with Crippen LogP contribution in [0.5, 0.6) is 5.75 Å². The highest BCUT2D eigenvalue weighted by Crippen LogP contribution is 2.44. The Hall–Kier alpha value is -3.18. The number of hydrogen-bond donors (Lipinski definition) is 0. The van der Waals surface area contributed by atoms with E-state index in [2.05, 4.69) is 60.7 Å². The minimum absolute atomic E-state index is 0.117. The standard InChI is InChI=1S/C33H40N2O3/c1-6-24-20-35-16-14-26(24)18-31(35)32(28-13-15-34-30-12-11-27(37-5)19-29(28)30)38-33(36)22(4)25-9-7-23(8-10-25)17-21(2)3/h6-13,15,19,21-22,24,26,31-32H,1,14,16-18,20H2,2-5H3. The number of pyridine rings is 1. The molecule has 0 saturated carbocycles. The highest BCUT2D eigenvalue weighted by Gasteiger charge is 2.44. The molecule has 6 atom stereocenters. The summed E-state index contributed by atoms with van der Waals surface area (Å²) in [5.74, 6) is 1.88. The molecule has 3 aromatic rings. The molecule has 0 N–H and O–H groups in total. The SMILES string of the molecule is C=CC1CN2CCC1CC2C(OC(=O)C(C)c1ccc(CC(C)C)cc1)c1ccnc2ccc(OC)cc12. The first-order valence-corrected chi connectivity index (χ1v) is 14.0. The summed E-state index contributed by atoms with van der Waals surface area (Å²) in [6.07, 6.45) is 6.72. The fraction of sp³-hybridized carbons (Fsp3) is 0.455. The Morgan fingerprint density at radius 1 is 1.16 bits per heavy atom. The summed E-state index contributed by atoms with van der Waals surface area (Å²) >= 11 is 0. The van der Waals surface area contributed by atoms with Gasteiger partial charge in [-0.25, -0.2) is 0 Å². The zero-order valence-electron chi connectivity index (χ0n) is 23.1. The normalized spacial score (nSPS) is 24.2. The van der Waals surface area contributed by atoms with E-state index in [1.165, 1.54) is 5.56 Å². The number of nitrogens with zero attached hydrogens (tertiary/aromatic N) is 2. The van der Waals surface area contributed by atoms with Gasteiger partial charge in [-0.1, -0.05) is 44.2 Å². The van der Waals surface area contributed by atoms with Gasteiger partial charge in [0.25, 0.3) is 0 Å². The maximum atomic E-state index is 13.7. The van der Waals surface area contributed by atoms with Crippen molar-refractivity contribution in [2.24, 2.45) is 17.8 Å². The van der Waals surface area contributed by atoms with Crippen LogP contribution in [0.4, 0.5) is 0 Å². The molecule has 6 rings (SSSR count). The Kier molecular flexibility index (Phi) is 7.85. The van der Waals surface area contributed by atoms with Crippen LogP contribution in [-0.4, -0.2) is 42.1 Å². The summed E-state index contributed by atoms with van der Waals surface area (Å²) < 4.78 is 12.0. The summed E-state index contributed by atoms with van der Waals surface area (Å²) in [6, 6.07) is 16.5. The van der Waals surface area contributed by atoms with Gasteiger partial charge < -0.3 is 9.47 Å². The number of carbonyl (C=O) groups excluding carboxylic acids is 1. The second kappa shape index (κ2) is 11.3. The first-order valence-electron chi connectivity index (χ1n) is 14.0. The third-order valence-electron chi connectivity index (χ3n) is 8.51. The number of esters is 1. The maximum absolute atomic E-state index is 13.7. The van der Waals surface area contributed by atoms with Crippen LogP contribution in [0.1, 0.15) is 62.3 Å². The number of carbonyl (C=O) groups is 1. The molecule has 1 aromatic heterocycles. The van der Waals surface area contributed by atoms with Crippen molar-refractivity contribution in [1.29, 1.82) is 0 Å². The Labute approximate surface area is 226 Å². The van der Waals surface area contributed by atoms with Gasteiger partial charge in [0.05, 0.1) is 24.6 Å². The Balaban J connectivity index is 1.47. The lowest BCUT2D eigenvalue weighted by atomic mass is 9.73. The van der Waals surface area contributed by atoms with Gasteiger partial charge in [-0.05, 0) is 85.9 Å². The number of ether oxygens (including phenoxy) is 2. The number of rotatable bonds is 9. The van der Waals surface area contributed by atoms with Gasteiger partial charge >= 0.3 is 5.97 Å². The van der Waals surface area contributed by atoms with E-state index in [1.54, 1.807) is 7.11 Å². The zero-order chi connectivity index (χ0) is 26.8. The first-order chi connectivity index (χ1) is 18.4. The minimum Gasteiger partial charge on any atom is -0.497 e. The topological polar surface area (TPSA) is 51.7 Å². The fourth-order valence-corrected chi connectivity index (χ4v) is 6.34. The predicted octanol–water partition coefficient (Wildman–Crippen LogP) is 6.73. The second-order valence-corrected chi connectivity index (χ2v) is 11.4. The van der Waals surface area contributed by atoms with E-state index >= 15 is 0 Å². The molecular weight excluding hydrogens is 472 g/mol. The molecule has 3 fully saturated rings. The molecule has 0 amide bonds. The van der Waals surface area contributed by atoms with Crippen LogP contribution < -0.4 is 4.74 Å². The van der Waals surface area contributed by atoms with Crippen molar-refractivity contribution >= 4 is 16.9 Å². The third kappa shape index (κ3) is 5.35. The van der Waals surface area contributed by atoms with Crippen LogP contribution in [-0.2, 0) is 16.0 Å². The highest BCUT2D eigenvalue weighted by molar-refractivity contribution is 5.85. The molecule has 200 valence electrons. The smallest absolute Gasteiger partial charge is 0.313 e. The Bertz CT molecular complexity index is 1290. The molecule has 38 heavy (non-hydrogen) atoms. The second-order valence-electron chi connectivity index (χ2n) is 11.4. The molecule has 0 spiro atoms. The lowest BCUT2D eigenvalue weighted by Gasteiger charge is -2.51. The van der Waals surface area contributed by atoms with Crippen molar-refractivity contribution in [2.45, 2.75) is 58.1 Å². The summed E-state index contributed by atoms with van der Waals surface area (Å²) in [5.41, 5.74) is 4.15. The van der Waals surface area contributed by atoms with Crippen LogP contribution >= 0.6 is 0 Å². The molecule has 0 aliphatic carbocycles. The summed E-state index contributed by atoms with van der Waals surface area (Å²) in [5, 5.41) is 0.971. The monoisotopic (exact) mass is 512 g/mol. The largest absolute Gasteiger partial charge is 0.497 e. The molecule has 3 saturated heterocycles. The van der Waals surface area contributed by atoms with Gasteiger partial charge in [-0.15, -0.1) is 6.58 Å². The molecule has 0 radical (unpaired) electrons. The average Bonchev–Trinajstić information content (AvgIpc) is 2.95. The highest BCUT2D eigenvalue weighted by atomic mass is 16.5.